The maximum absolute atomic E-state index is 10.9. The van der Waals surface area contributed by atoms with Gasteiger partial charge in [-0.2, -0.15) is 0 Å². The number of aliphatic hydroxyl groups excluding tert-OH is 1. The molecule has 0 amide bonds. The summed E-state index contributed by atoms with van der Waals surface area (Å²) in [7, 11) is 0. The Bertz CT molecular complexity index is 294. The maximum atomic E-state index is 10.9. The average Bonchev–Trinajstić information content (AvgIpc) is 1.97. The van der Waals surface area contributed by atoms with E-state index in [1.54, 1.807) is 6.92 Å². The second-order valence-corrected chi connectivity index (χ2v) is 2.49. The molecule has 11 heavy (non-hydrogen) atoms. The quantitative estimate of drug-likeness (QED) is 0.414. The van der Waals surface area contributed by atoms with Gasteiger partial charge in [0, 0.05) is 5.57 Å². The van der Waals surface area contributed by atoms with Crippen molar-refractivity contribution in [1.82, 2.24) is 0 Å². The standard InChI is InChI=1S/C8H8O3/c1-4-3-6(9)8(11)5(2)7(4)10/h3,10H,1-2H3. The number of aliphatic hydroxyl groups is 1. The van der Waals surface area contributed by atoms with Crippen molar-refractivity contribution in [3.8, 4) is 0 Å². The normalized spacial score (nSPS) is 18.9. The van der Waals surface area contributed by atoms with Crippen LogP contribution in [0.1, 0.15) is 13.8 Å². The number of allylic oxidation sites excluding steroid dienone is 3. The minimum Gasteiger partial charge on any atom is -0.507 e. The molecule has 0 fully saturated rings. The number of ketones is 2. The van der Waals surface area contributed by atoms with Crippen LogP contribution in [0, 0.1) is 0 Å². The Balaban J connectivity index is 3.22. The molecule has 0 aliphatic heterocycles. The molecular formula is C8H8O3. The maximum Gasteiger partial charge on any atom is 0.232 e. The van der Waals surface area contributed by atoms with Crippen LogP contribution in [0.4, 0.5) is 0 Å². The predicted molar refractivity (Wildman–Crippen MR) is 39.1 cm³/mol. The number of carbonyl (C=O) groups is 2. The van der Waals surface area contributed by atoms with E-state index >= 15 is 0 Å². The summed E-state index contributed by atoms with van der Waals surface area (Å²) in [6, 6.07) is 0. The molecule has 0 unspecified atom stereocenters. The van der Waals surface area contributed by atoms with Crippen LogP contribution in [-0.2, 0) is 9.59 Å². The van der Waals surface area contributed by atoms with Gasteiger partial charge in [-0.15, -0.1) is 0 Å². The van der Waals surface area contributed by atoms with Crippen molar-refractivity contribution >= 4 is 11.6 Å². The lowest BCUT2D eigenvalue weighted by atomic mass is 9.97. The number of rotatable bonds is 0. The van der Waals surface area contributed by atoms with E-state index in [9.17, 15) is 14.7 Å². The van der Waals surface area contributed by atoms with Gasteiger partial charge in [-0.3, -0.25) is 9.59 Å². The van der Waals surface area contributed by atoms with Gasteiger partial charge >= 0.3 is 0 Å². The highest BCUT2D eigenvalue weighted by Gasteiger charge is 2.22. The summed E-state index contributed by atoms with van der Waals surface area (Å²) < 4.78 is 0. The van der Waals surface area contributed by atoms with Gasteiger partial charge in [0.15, 0.2) is 0 Å². The molecule has 0 aromatic heterocycles. The van der Waals surface area contributed by atoms with Gasteiger partial charge in [0.25, 0.3) is 0 Å². The van der Waals surface area contributed by atoms with Gasteiger partial charge in [-0.1, -0.05) is 0 Å². The fourth-order valence-corrected chi connectivity index (χ4v) is 0.919. The summed E-state index contributed by atoms with van der Waals surface area (Å²) in [5.41, 5.74) is 0.585. The first-order valence-electron chi connectivity index (χ1n) is 3.21. The van der Waals surface area contributed by atoms with Gasteiger partial charge in [-0.05, 0) is 25.5 Å². The SMILES string of the molecule is CC1=CC(=O)C(=O)C(C)=C1O. The zero-order valence-corrected chi connectivity index (χ0v) is 6.34. The third-order valence-corrected chi connectivity index (χ3v) is 1.64. The smallest absolute Gasteiger partial charge is 0.232 e. The van der Waals surface area contributed by atoms with Crippen molar-refractivity contribution in [1.29, 1.82) is 0 Å². The van der Waals surface area contributed by atoms with Crippen molar-refractivity contribution in [3.63, 3.8) is 0 Å². The van der Waals surface area contributed by atoms with Gasteiger partial charge in [0.05, 0.1) is 0 Å². The third-order valence-electron chi connectivity index (χ3n) is 1.64. The molecule has 58 valence electrons. The van der Waals surface area contributed by atoms with Gasteiger partial charge in [-0.25, -0.2) is 0 Å². The topological polar surface area (TPSA) is 54.4 Å². The van der Waals surface area contributed by atoms with Crippen LogP contribution in [0.5, 0.6) is 0 Å². The molecule has 3 heteroatoms. The van der Waals surface area contributed by atoms with E-state index in [4.69, 9.17) is 0 Å². The molecule has 0 saturated carbocycles. The number of Topliss-reactive ketones (excluding diaryl/α,β-unsaturated/α-hetero) is 1. The zero-order valence-electron chi connectivity index (χ0n) is 6.34. The third kappa shape index (κ3) is 1.09. The molecule has 1 aliphatic rings. The van der Waals surface area contributed by atoms with Crippen LogP contribution in [0.3, 0.4) is 0 Å². The van der Waals surface area contributed by atoms with Gasteiger partial charge in [0.2, 0.25) is 11.6 Å². The van der Waals surface area contributed by atoms with Crippen molar-refractivity contribution in [2.24, 2.45) is 0 Å². The molecule has 1 N–H and O–H groups in total. The first-order valence-corrected chi connectivity index (χ1v) is 3.21. The van der Waals surface area contributed by atoms with E-state index in [-0.39, 0.29) is 11.3 Å². The van der Waals surface area contributed by atoms with Crippen LogP contribution < -0.4 is 0 Å². The molecular weight excluding hydrogens is 144 g/mol. The summed E-state index contributed by atoms with van der Waals surface area (Å²) in [4.78, 5) is 21.7. The van der Waals surface area contributed by atoms with E-state index < -0.39 is 11.6 Å². The molecule has 3 nitrogen and oxygen atoms in total. The summed E-state index contributed by atoms with van der Waals surface area (Å²) in [5.74, 6) is -1.25. The highest BCUT2D eigenvalue weighted by atomic mass is 16.3. The summed E-state index contributed by atoms with van der Waals surface area (Å²) in [5, 5.41) is 9.17. The number of hydrogen-bond acceptors (Lipinski definition) is 3. The molecule has 0 heterocycles. The van der Waals surface area contributed by atoms with Crippen LogP contribution in [0.2, 0.25) is 0 Å². The second kappa shape index (κ2) is 2.34. The Morgan fingerprint density at radius 1 is 1.27 bits per heavy atom. The van der Waals surface area contributed by atoms with Gasteiger partial charge < -0.3 is 5.11 Å². The van der Waals surface area contributed by atoms with E-state index in [0.29, 0.717) is 5.57 Å². The Hall–Kier alpha value is -1.38. The van der Waals surface area contributed by atoms with E-state index in [0.717, 1.165) is 6.08 Å². The highest BCUT2D eigenvalue weighted by Crippen LogP contribution is 2.17. The summed E-state index contributed by atoms with van der Waals surface area (Å²) >= 11 is 0. The van der Waals surface area contributed by atoms with Crippen LogP contribution in [0.25, 0.3) is 0 Å². The van der Waals surface area contributed by atoms with Crippen LogP contribution >= 0.6 is 0 Å². The van der Waals surface area contributed by atoms with E-state index in [2.05, 4.69) is 0 Å². The Kier molecular flexibility index (Phi) is 1.64. The lowest BCUT2D eigenvalue weighted by Crippen LogP contribution is -2.18. The fraction of sp³-hybridized carbons (Fsp3) is 0.250. The fourth-order valence-electron chi connectivity index (χ4n) is 0.919. The van der Waals surface area contributed by atoms with Crippen molar-refractivity contribution in [3.05, 3.63) is 23.0 Å². The van der Waals surface area contributed by atoms with Crippen LogP contribution in [-0.4, -0.2) is 16.7 Å². The zero-order chi connectivity index (χ0) is 8.59. The molecule has 0 spiro atoms. The highest BCUT2D eigenvalue weighted by molar-refractivity contribution is 6.48. The predicted octanol–water partition coefficient (Wildman–Crippen LogP) is 0.917. The van der Waals surface area contributed by atoms with Gasteiger partial charge in [0.1, 0.15) is 5.76 Å². The average molecular weight is 152 g/mol. The Morgan fingerprint density at radius 3 is 2.36 bits per heavy atom. The molecule has 0 bridgehead atoms. The lowest BCUT2D eigenvalue weighted by molar-refractivity contribution is -0.131. The van der Waals surface area contributed by atoms with Crippen molar-refractivity contribution in [2.75, 3.05) is 0 Å². The monoisotopic (exact) mass is 152 g/mol. The molecule has 0 atom stereocenters. The first-order chi connectivity index (χ1) is 5.04. The largest absolute Gasteiger partial charge is 0.507 e. The molecule has 0 radical (unpaired) electrons. The lowest BCUT2D eigenvalue weighted by Gasteiger charge is -2.08. The molecule has 0 saturated heterocycles. The number of hydrogen-bond donors (Lipinski definition) is 1. The second-order valence-electron chi connectivity index (χ2n) is 2.49. The minimum atomic E-state index is -0.617. The first kappa shape index (κ1) is 7.72. The van der Waals surface area contributed by atoms with E-state index in [1.807, 2.05) is 0 Å². The van der Waals surface area contributed by atoms with E-state index in [1.165, 1.54) is 6.92 Å². The summed E-state index contributed by atoms with van der Waals surface area (Å²) in [6.07, 6.45) is 1.14. The summed E-state index contributed by atoms with van der Waals surface area (Å²) in [6.45, 7) is 3.02. The molecule has 0 aromatic rings. The minimum absolute atomic E-state index is 0.0744. The Morgan fingerprint density at radius 2 is 1.82 bits per heavy atom. The number of carbonyl (C=O) groups excluding carboxylic acids is 2. The van der Waals surface area contributed by atoms with Crippen LogP contribution in [0.15, 0.2) is 23.0 Å². The molecule has 0 aromatic carbocycles. The molecule has 1 aliphatic carbocycles. The molecule has 1 rings (SSSR count). The Labute approximate surface area is 64.0 Å². The van der Waals surface area contributed by atoms with Crippen molar-refractivity contribution < 1.29 is 14.7 Å². The van der Waals surface area contributed by atoms with Crippen molar-refractivity contribution in [2.45, 2.75) is 13.8 Å².